The van der Waals surface area contributed by atoms with E-state index in [0.717, 1.165) is 6.42 Å². The summed E-state index contributed by atoms with van der Waals surface area (Å²) in [6, 6.07) is 0. The van der Waals surface area contributed by atoms with Gasteiger partial charge in [-0.05, 0) is 19.8 Å². The van der Waals surface area contributed by atoms with Gasteiger partial charge in [0.25, 0.3) is 0 Å². The van der Waals surface area contributed by atoms with Gasteiger partial charge in [-0.25, -0.2) is 0 Å². The van der Waals surface area contributed by atoms with E-state index < -0.39 is 0 Å². The summed E-state index contributed by atoms with van der Waals surface area (Å²) < 4.78 is 0. The number of rotatable bonds is 3. The van der Waals surface area contributed by atoms with Crippen molar-refractivity contribution in [3.05, 3.63) is 0 Å². The van der Waals surface area contributed by atoms with Gasteiger partial charge in [0.2, 0.25) is 0 Å². The fraction of sp³-hybridized carbons (Fsp3) is 1.00. The minimum Gasteiger partial charge on any atom is -0.393 e. The second-order valence-electron chi connectivity index (χ2n) is 2.15. The third kappa shape index (κ3) is 4.09. The molecule has 2 nitrogen and oxygen atoms in total. The van der Waals surface area contributed by atoms with Crippen molar-refractivity contribution in [1.82, 2.24) is 0 Å². The van der Waals surface area contributed by atoms with Crippen LogP contribution in [0.25, 0.3) is 0 Å². The van der Waals surface area contributed by atoms with Crippen molar-refractivity contribution in [1.29, 1.82) is 0 Å². The molecule has 2 N–H and O–H groups in total. The molecule has 0 radical (unpaired) electrons. The van der Waals surface area contributed by atoms with Gasteiger partial charge in [0.05, 0.1) is 12.2 Å². The van der Waals surface area contributed by atoms with Crippen LogP contribution in [0.3, 0.4) is 0 Å². The lowest BCUT2D eigenvalue weighted by molar-refractivity contribution is 0.0883. The largest absolute Gasteiger partial charge is 0.393 e. The van der Waals surface area contributed by atoms with E-state index in [1.807, 2.05) is 6.92 Å². The zero-order chi connectivity index (χ0) is 6.57. The van der Waals surface area contributed by atoms with Crippen LogP contribution < -0.4 is 0 Å². The smallest absolute Gasteiger partial charge is 0.0562 e. The van der Waals surface area contributed by atoms with Gasteiger partial charge >= 0.3 is 0 Å². The van der Waals surface area contributed by atoms with Crippen LogP contribution in [0.15, 0.2) is 0 Å². The summed E-state index contributed by atoms with van der Waals surface area (Å²) in [7, 11) is 0. The lowest BCUT2D eigenvalue weighted by Crippen LogP contribution is -2.13. The SMILES string of the molecule is CC[C@@H](O)C[C@H](C)O. The third-order valence-corrected chi connectivity index (χ3v) is 1.08. The number of aliphatic hydroxyl groups is 2. The molecule has 2 atom stereocenters. The van der Waals surface area contributed by atoms with Crippen molar-refractivity contribution < 1.29 is 10.2 Å². The molecule has 0 aromatic rings. The summed E-state index contributed by atoms with van der Waals surface area (Å²) in [5.41, 5.74) is 0. The van der Waals surface area contributed by atoms with Crippen LogP contribution >= 0.6 is 0 Å². The Balaban J connectivity index is 3.10. The highest BCUT2D eigenvalue weighted by Crippen LogP contribution is 1.99. The summed E-state index contributed by atoms with van der Waals surface area (Å²) in [4.78, 5) is 0. The van der Waals surface area contributed by atoms with Crippen molar-refractivity contribution in [3.8, 4) is 0 Å². The van der Waals surface area contributed by atoms with Crippen molar-refractivity contribution in [2.75, 3.05) is 0 Å². The van der Waals surface area contributed by atoms with Crippen molar-refractivity contribution >= 4 is 0 Å². The molecular weight excluding hydrogens is 104 g/mol. The molecule has 0 aliphatic heterocycles. The highest BCUT2D eigenvalue weighted by Gasteiger charge is 2.03. The number of aliphatic hydroxyl groups excluding tert-OH is 2. The van der Waals surface area contributed by atoms with Crippen LogP contribution in [0.1, 0.15) is 26.7 Å². The van der Waals surface area contributed by atoms with Gasteiger partial charge in [0.1, 0.15) is 0 Å². The van der Waals surface area contributed by atoms with E-state index in [4.69, 9.17) is 10.2 Å². The lowest BCUT2D eigenvalue weighted by atomic mass is 10.1. The molecule has 0 amide bonds. The van der Waals surface area contributed by atoms with E-state index in [9.17, 15) is 0 Å². The Hall–Kier alpha value is -0.0800. The maximum Gasteiger partial charge on any atom is 0.0562 e. The fourth-order valence-corrected chi connectivity index (χ4v) is 0.560. The molecule has 0 rings (SSSR count). The maximum atomic E-state index is 8.87. The average Bonchev–Trinajstić information content (AvgIpc) is 1.65. The van der Waals surface area contributed by atoms with Crippen LogP contribution in [-0.4, -0.2) is 22.4 Å². The maximum absolute atomic E-state index is 8.87. The predicted molar refractivity (Wildman–Crippen MR) is 32.6 cm³/mol. The van der Waals surface area contributed by atoms with Crippen LogP contribution in [0.4, 0.5) is 0 Å². The zero-order valence-corrected chi connectivity index (χ0v) is 5.46. The van der Waals surface area contributed by atoms with Gasteiger partial charge in [-0.15, -0.1) is 0 Å². The minimum atomic E-state index is -0.370. The fourth-order valence-electron chi connectivity index (χ4n) is 0.560. The topological polar surface area (TPSA) is 40.5 Å². The Morgan fingerprint density at radius 3 is 2.00 bits per heavy atom. The Morgan fingerprint density at radius 1 is 1.38 bits per heavy atom. The van der Waals surface area contributed by atoms with Gasteiger partial charge in [-0.2, -0.15) is 0 Å². The predicted octanol–water partition coefficient (Wildman–Crippen LogP) is 0.528. The molecule has 8 heavy (non-hydrogen) atoms. The standard InChI is InChI=1S/C6H14O2/c1-3-6(8)4-5(2)7/h5-8H,3-4H2,1-2H3/t5-,6+/m0/s1. The quantitative estimate of drug-likeness (QED) is 0.567. The first-order valence-electron chi connectivity index (χ1n) is 3.03. The van der Waals surface area contributed by atoms with Gasteiger partial charge in [0.15, 0.2) is 0 Å². The first-order valence-corrected chi connectivity index (χ1v) is 3.03. The third-order valence-electron chi connectivity index (χ3n) is 1.08. The Bertz CT molecular complexity index is 52.5. The van der Waals surface area contributed by atoms with Gasteiger partial charge in [-0.1, -0.05) is 6.92 Å². The summed E-state index contributed by atoms with van der Waals surface area (Å²) in [6.45, 7) is 3.58. The van der Waals surface area contributed by atoms with Crippen LogP contribution in [0.2, 0.25) is 0 Å². The molecule has 0 aliphatic carbocycles. The van der Waals surface area contributed by atoms with Crippen LogP contribution in [-0.2, 0) is 0 Å². The molecule has 0 aliphatic rings. The molecule has 0 unspecified atom stereocenters. The lowest BCUT2D eigenvalue weighted by Gasteiger charge is -2.08. The molecule has 0 spiro atoms. The summed E-state index contributed by atoms with van der Waals surface area (Å²) in [6.07, 6.45) is 0.529. The van der Waals surface area contributed by atoms with E-state index >= 15 is 0 Å². The second kappa shape index (κ2) is 3.87. The van der Waals surface area contributed by atoms with Gasteiger partial charge in [-0.3, -0.25) is 0 Å². The van der Waals surface area contributed by atoms with Gasteiger partial charge in [0, 0.05) is 0 Å². The highest BCUT2D eigenvalue weighted by atomic mass is 16.3. The van der Waals surface area contributed by atoms with E-state index in [-0.39, 0.29) is 12.2 Å². The van der Waals surface area contributed by atoms with Crippen LogP contribution in [0, 0.1) is 0 Å². The van der Waals surface area contributed by atoms with Gasteiger partial charge < -0.3 is 10.2 Å². The molecule has 2 heteroatoms. The van der Waals surface area contributed by atoms with E-state index in [1.165, 1.54) is 0 Å². The molecule has 0 aromatic carbocycles. The van der Waals surface area contributed by atoms with Crippen LogP contribution in [0.5, 0.6) is 0 Å². The normalized spacial score (nSPS) is 18.0. The van der Waals surface area contributed by atoms with Crippen molar-refractivity contribution in [2.45, 2.75) is 38.9 Å². The molecule has 0 fully saturated rings. The molecule has 0 saturated heterocycles. The Labute approximate surface area is 50.2 Å². The zero-order valence-electron chi connectivity index (χ0n) is 5.46. The van der Waals surface area contributed by atoms with Crippen molar-refractivity contribution in [2.24, 2.45) is 0 Å². The summed E-state index contributed by atoms with van der Waals surface area (Å²) in [5.74, 6) is 0. The highest BCUT2D eigenvalue weighted by molar-refractivity contribution is 4.55. The number of hydrogen-bond acceptors (Lipinski definition) is 2. The van der Waals surface area contributed by atoms with E-state index in [0.29, 0.717) is 6.42 Å². The molecule has 0 heterocycles. The average molecular weight is 118 g/mol. The Kier molecular flexibility index (Phi) is 3.83. The minimum absolute atomic E-state index is 0.324. The molecule has 0 saturated carbocycles. The first kappa shape index (κ1) is 7.92. The monoisotopic (exact) mass is 118 g/mol. The molecular formula is C6H14O2. The molecule has 0 bridgehead atoms. The summed E-state index contributed by atoms with van der Waals surface area (Å²) in [5, 5.41) is 17.6. The molecule has 0 aromatic heterocycles. The number of hydrogen-bond donors (Lipinski definition) is 2. The van der Waals surface area contributed by atoms with E-state index in [2.05, 4.69) is 0 Å². The van der Waals surface area contributed by atoms with E-state index in [1.54, 1.807) is 6.92 Å². The second-order valence-corrected chi connectivity index (χ2v) is 2.15. The first-order chi connectivity index (χ1) is 3.66. The van der Waals surface area contributed by atoms with Crippen molar-refractivity contribution in [3.63, 3.8) is 0 Å². The summed E-state index contributed by atoms with van der Waals surface area (Å²) >= 11 is 0. The molecule has 50 valence electrons. The Morgan fingerprint density at radius 2 is 1.88 bits per heavy atom.